The third-order valence-corrected chi connectivity index (χ3v) is 9.89. The van der Waals surface area contributed by atoms with Crippen LogP contribution in [0.3, 0.4) is 0 Å². The predicted octanol–water partition coefficient (Wildman–Crippen LogP) is 12.5. The topological polar surface area (TPSA) is 16.4 Å². The van der Waals surface area contributed by atoms with E-state index >= 15 is 0 Å². The number of benzene rings is 7. The molecule has 0 aliphatic heterocycles. The summed E-state index contributed by atoms with van der Waals surface area (Å²) in [7, 11) is 0. The molecule has 220 valence electrons. The van der Waals surface area contributed by atoms with Crippen LogP contribution in [-0.2, 0) is 5.41 Å². The minimum Gasteiger partial charge on any atom is -0.454 e. The van der Waals surface area contributed by atoms with Crippen LogP contribution in [0.25, 0.3) is 55.0 Å². The highest BCUT2D eigenvalue weighted by Gasteiger charge is 2.36. The highest BCUT2D eigenvalue weighted by Crippen LogP contribution is 2.53. The second-order valence-electron chi connectivity index (χ2n) is 13.1. The maximum absolute atomic E-state index is 6.75. The highest BCUT2D eigenvalue weighted by molar-refractivity contribution is 6.10. The number of rotatable bonds is 4. The van der Waals surface area contributed by atoms with Gasteiger partial charge in [-0.15, -0.1) is 0 Å². The fourth-order valence-electron chi connectivity index (χ4n) is 7.58. The fraction of sp³-hybridized carbons (Fsp3) is 0.0909. The first-order valence-corrected chi connectivity index (χ1v) is 16.0. The van der Waals surface area contributed by atoms with Crippen LogP contribution in [0.4, 0.5) is 17.1 Å². The predicted molar refractivity (Wildman–Crippen MR) is 194 cm³/mol. The molecule has 9 rings (SSSR count). The SMILES string of the molecule is Cc1ccc2oc(-c3ccccc3)c(N(c3ccc4c(c3)C(C)(C)c3ccccc3-4)c3ccc4c(ccc5ccccc54)c3)c2c1. The Morgan fingerprint density at radius 1 is 0.522 bits per heavy atom. The molecule has 0 saturated heterocycles. The minimum atomic E-state index is -0.118. The van der Waals surface area contributed by atoms with E-state index in [-0.39, 0.29) is 5.41 Å². The molecule has 1 aliphatic rings. The van der Waals surface area contributed by atoms with E-state index < -0.39 is 0 Å². The van der Waals surface area contributed by atoms with Gasteiger partial charge >= 0.3 is 0 Å². The van der Waals surface area contributed by atoms with Crippen molar-refractivity contribution in [2.24, 2.45) is 0 Å². The first-order valence-electron chi connectivity index (χ1n) is 16.0. The van der Waals surface area contributed by atoms with Crippen LogP contribution in [0.15, 0.2) is 150 Å². The third-order valence-electron chi connectivity index (χ3n) is 9.89. The Balaban J connectivity index is 1.35. The molecule has 2 heteroatoms. The molecule has 46 heavy (non-hydrogen) atoms. The van der Waals surface area contributed by atoms with E-state index in [2.05, 4.69) is 171 Å². The van der Waals surface area contributed by atoms with Crippen molar-refractivity contribution < 1.29 is 4.42 Å². The fourth-order valence-corrected chi connectivity index (χ4v) is 7.58. The van der Waals surface area contributed by atoms with Crippen molar-refractivity contribution in [2.45, 2.75) is 26.2 Å². The van der Waals surface area contributed by atoms with Gasteiger partial charge in [-0.3, -0.25) is 0 Å². The molecule has 0 saturated carbocycles. The zero-order valence-corrected chi connectivity index (χ0v) is 26.2. The van der Waals surface area contributed by atoms with E-state index in [1.807, 2.05) is 0 Å². The van der Waals surface area contributed by atoms with Gasteiger partial charge in [-0.05, 0) is 87.1 Å². The second kappa shape index (κ2) is 9.95. The first-order chi connectivity index (χ1) is 22.5. The molecule has 0 fully saturated rings. The van der Waals surface area contributed by atoms with Crippen molar-refractivity contribution in [3.8, 4) is 22.5 Å². The summed E-state index contributed by atoms with van der Waals surface area (Å²) in [6, 6.07) is 52.8. The molecule has 2 nitrogen and oxygen atoms in total. The summed E-state index contributed by atoms with van der Waals surface area (Å²) in [5.41, 5.74) is 11.6. The molecule has 0 unspecified atom stereocenters. The minimum absolute atomic E-state index is 0.118. The van der Waals surface area contributed by atoms with Gasteiger partial charge in [0, 0.05) is 27.7 Å². The van der Waals surface area contributed by atoms with E-state index in [4.69, 9.17) is 4.42 Å². The van der Waals surface area contributed by atoms with Crippen LogP contribution in [0.2, 0.25) is 0 Å². The van der Waals surface area contributed by atoms with Gasteiger partial charge in [-0.1, -0.05) is 129 Å². The summed E-state index contributed by atoms with van der Waals surface area (Å²) in [5, 5.41) is 6.08. The number of nitrogens with zero attached hydrogens (tertiary/aromatic N) is 1. The smallest absolute Gasteiger partial charge is 0.159 e. The molecule has 8 aromatic rings. The number of hydrogen-bond acceptors (Lipinski definition) is 2. The summed E-state index contributed by atoms with van der Waals surface area (Å²) < 4.78 is 6.75. The lowest BCUT2D eigenvalue weighted by molar-refractivity contribution is 0.631. The van der Waals surface area contributed by atoms with Gasteiger partial charge in [-0.2, -0.15) is 0 Å². The summed E-state index contributed by atoms with van der Waals surface area (Å²) in [6.07, 6.45) is 0. The van der Waals surface area contributed by atoms with Crippen LogP contribution >= 0.6 is 0 Å². The molecule has 1 aliphatic carbocycles. The Morgan fingerprint density at radius 2 is 1.22 bits per heavy atom. The summed E-state index contributed by atoms with van der Waals surface area (Å²) in [6.45, 7) is 6.84. The molecule has 0 radical (unpaired) electrons. The Kier molecular flexibility index (Phi) is 5.79. The zero-order chi connectivity index (χ0) is 31.0. The Hall–Kier alpha value is -5.60. The summed E-state index contributed by atoms with van der Waals surface area (Å²) >= 11 is 0. The molecule has 0 atom stereocenters. The Labute approximate surface area is 269 Å². The number of furan rings is 1. The van der Waals surface area contributed by atoms with Crippen LogP contribution in [0.1, 0.15) is 30.5 Å². The van der Waals surface area contributed by atoms with Crippen LogP contribution in [0, 0.1) is 6.92 Å². The Morgan fingerprint density at radius 3 is 2.11 bits per heavy atom. The van der Waals surface area contributed by atoms with Gasteiger partial charge < -0.3 is 9.32 Å². The van der Waals surface area contributed by atoms with Gasteiger partial charge in [0.25, 0.3) is 0 Å². The maximum Gasteiger partial charge on any atom is 0.159 e. The molecule has 1 heterocycles. The average molecular weight is 592 g/mol. The van der Waals surface area contributed by atoms with E-state index in [0.29, 0.717) is 0 Å². The number of anilines is 3. The maximum atomic E-state index is 6.75. The second-order valence-corrected chi connectivity index (χ2v) is 13.1. The van der Waals surface area contributed by atoms with E-state index in [0.717, 1.165) is 39.4 Å². The van der Waals surface area contributed by atoms with Crippen LogP contribution < -0.4 is 4.90 Å². The largest absolute Gasteiger partial charge is 0.454 e. The van der Waals surface area contributed by atoms with Crippen molar-refractivity contribution in [1.82, 2.24) is 0 Å². The standard InChI is InChI=1S/C44H33NO/c1-28-17-24-41-38(25-28)42(43(46-41)30-12-5-4-6-13-30)45(32-20-22-35-31(26-32)19-18-29-11-7-8-14-34(29)35)33-21-23-37-36-15-9-10-16-39(36)44(2,3)40(37)27-33/h4-27H,1-3H3. The lowest BCUT2D eigenvalue weighted by atomic mass is 9.82. The van der Waals surface area contributed by atoms with Crippen molar-refractivity contribution in [3.63, 3.8) is 0 Å². The molecule has 0 amide bonds. The molecular weight excluding hydrogens is 558 g/mol. The van der Waals surface area contributed by atoms with Crippen molar-refractivity contribution in [3.05, 3.63) is 162 Å². The quantitative estimate of drug-likeness (QED) is 0.189. The van der Waals surface area contributed by atoms with Gasteiger partial charge in [0.2, 0.25) is 0 Å². The Bertz CT molecular complexity index is 2470. The average Bonchev–Trinajstić information content (AvgIpc) is 3.57. The molecule has 1 aromatic heterocycles. The number of fused-ring (bicyclic) bond motifs is 7. The van der Waals surface area contributed by atoms with Crippen LogP contribution in [0.5, 0.6) is 0 Å². The highest BCUT2D eigenvalue weighted by atomic mass is 16.3. The molecule has 0 bridgehead atoms. The van der Waals surface area contributed by atoms with Crippen molar-refractivity contribution >= 4 is 49.6 Å². The van der Waals surface area contributed by atoms with E-state index in [1.54, 1.807) is 0 Å². The van der Waals surface area contributed by atoms with Gasteiger partial charge in [0.1, 0.15) is 11.3 Å². The zero-order valence-electron chi connectivity index (χ0n) is 26.2. The summed E-state index contributed by atoms with van der Waals surface area (Å²) in [4.78, 5) is 2.42. The van der Waals surface area contributed by atoms with Gasteiger partial charge in [0.05, 0.1) is 0 Å². The van der Waals surface area contributed by atoms with E-state index in [1.165, 1.54) is 49.4 Å². The molecular formula is C44H33NO. The number of hydrogen-bond donors (Lipinski definition) is 0. The lowest BCUT2D eigenvalue weighted by Crippen LogP contribution is -2.16. The summed E-state index contributed by atoms with van der Waals surface area (Å²) in [5.74, 6) is 0.864. The third kappa shape index (κ3) is 3.96. The molecule has 7 aromatic carbocycles. The lowest BCUT2D eigenvalue weighted by Gasteiger charge is -2.28. The van der Waals surface area contributed by atoms with Gasteiger partial charge in [-0.25, -0.2) is 0 Å². The van der Waals surface area contributed by atoms with Crippen molar-refractivity contribution in [1.29, 1.82) is 0 Å². The number of aryl methyl sites for hydroxylation is 1. The first kappa shape index (κ1) is 26.8. The monoisotopic (exact) mass is 591 g/mol. The van der Waals surface area contributed by atoms with Gasteiger partial charge in [0.15, 0.2) is 5.76 Å². The molecule has 0 spiro atoms. The van der Waals surface area contributed by atoms with Crippen LogP contribution in [-0.4, -0.2) is 0 Å². The van der Waals surface area contributed by atoms with E-state index in [9.17, 15) is 0 Å². The molecule has 0 N–H and O–H groups in total. The van der Waals surface area contributed by atoms with Crippen molar-refractivity contribution in [2.75, 3.05) is 4.90 Å². The normalized spacial score (nSPS) is 13.3.